The standard InChI is InChI=1S/C25H20N4O3S/c1-2-16-9-10-20-21(12-16)33-25(27-20)28(14-17-6-5-11-26-13-17)22(30)15-29-23(31)18-7-3-4-8-19(18)24(29)32/h3-13H,2,14-15H2,1H3. The minimum atomic E-state index is -0.456. The third-order valence-corrected chi connectivity index (χ3v) is 6.66. The Hall–Kier alpha value is -3.91. The maximum Gasteiger partial charge on any atom is 0.262 e. The Balaban J connectivity index is 1.48. The molecule has 2 aromatic carbocycles. The lowest BCUT2D eigenvalue weighted by Gasteiger charge is -2.22. The van der Waals surface area contributed by atoms with Gasteiger partial charge in [0.1, 0.15) is 6.54 Å². The summed E-state index contributed by atoms with van der Waals surface area (Å²) in [7, 11) is 0. The molecule has 0 fully saturated rings. The zero-order valence-electron chi connectivity index (χ0n) is 17.9. The highest BCUT2D eigenvalue weighted by molar-refractivity contribution is 7.22. The van der Waals surface area contributed by atoms with Crippen molar-refractivity contribution in [3.05, 3.63) is 89.2 Å². The maximum atomic E-state index is 13.5. The number of fused-ring (bicyclic) bond motifs is 2. The summed E-state index contributed by atoms with van der Waals surface area (Å²) in [6.07, 6.45) is 4.25. The first-order valence-corrected chi connectivity index (χ1v) is 11.4. The van der Waals surface area contributed by atoms with Crippen LogP contribution in [0.4, 0.5) is 5.13 Å². The smallest absolute Gasteiger partial charge is 0.262 e. The lowest BCUT2D eigenvalue weighted by Crippen LogP contribution is -2.42. The van der Waals surface area contributed by atoms with Gasteiger partial charge in [0.05, 0.1) is 27.9 Å². The molecule has 0 spiro atoms. The molecule has 5 rings (SSSR count). The number of carbonyl (C=O) groups excluding carboxylic acids is 3. The van der Waals surface area contributed by atoms with Crippen LogP contribution >= 0.6 is 11.3 Å². The first kappa shape index (κ1) is 21.0. The highest BCUT2D eigenvalue weighted by Gasteiger charge is 2.37. The lowest BCUT2D eigenvalue weighted by atomic mass is 10.1. The van der Waals surface area contributed by atoms with Gasteiger partial charge in [0.2, 0.25) is 5.91 Å². The van der Waals surface area contributed by atoms with Gasteiger partial charge in [0.25, 0.3) is 11.8 Å². The van der Waals surface area contributed by atoms with Crippen LogP contribution < -0.4 is 4.90 Å². The number of carbonyl (C=O) groups is 3. The van der Waals surface area contributed by atoms with Gasteiger partial charge in [-0.3, -0.25) is 29.2 Å². The number of thiazole rings is 1. The molecular formula is C25H20N4O3S. The Bertz CT molecular complexity index is 1350. The zero-order valence-corrected chi connectivity index (χ0v) is 18.7. The van der Waals surface area contributed by atoms with Gasteiger partial charge in [-0.1, -0.05) is 42.5 Å². The summed E-state index contributed by atoms with van der Waals surface area (Å²) in [5.74, 6) is -1.30. The van der Waals surface area contributed by atoms with Crippen molar-refractivity contribution in [3.63, 3.8) is 0 Å². The molecule has 8 heteroatoms. The van der Waals surface area contributed by atoms with Crippen LogP contribution in [0.25, 0.3) is 10.2 Å². The third-order valence-electron chi connectivity index (χ3n) is 5.62. The number of imide groups is 1. The molecule has 2 aromatic heterocycles. The monoisotopic (exact) mass is 456 g/mol. The maximum absolute atomic E-state index is 13.5. The average molecular weight is 457 g/mol. The quantitative estimate of drug-likeness (QED) is 0.408. The van der Waals surface area contributed by atoms with E-state index in [0.29, 0.717) is 16.3 Å². The third kappa shape index (κ3) is 3.89. The van der Waals surface area contributed by atoms with E-state index in [2.05, 4.69) is 23.0 Å². The second kappa shape index (κ2) is 8.55. The molecule has 1 aliphatic heterocycles. The van der Waals surface area contributed by atoms with E-state index in [1.165, 1.54) is 21.8 Å². The van der Waals surface area contributed by atoms with Crippen molar-refractivity contribution >= 4 is 44.4 Å². The van der Waals surface area contributed by atoms with Crippen LogP contribution in [0.2, 0.25) is 0 Å². The van der Waals surface area contributed by atoms with Crippen LogP contribution in [0.3, 0.4) is 0 Å². The second-order valence-electron chi connectivity index (χ2n) is 7.74. The Labute approximate surface area is 194 Å². The lowest BCUT2D eigenvalue weighted by molar-refractivity contribution is -0.119. The minimum Gasteiger partial charge on any atom is -0.282 e. The predicted octanol–water partition coefficient (Wildman–Crippen LogP) is 4.08. The Kier molecular flexibility index (Phi) is 5.43. The summed E-state index contributed by atoms with van der Waals surface area (Å²) >= 11 is 1.41. The largest absolute Gasteiger partial charge is 0.282 e. The SMILES string of the molecule is CCc1ccc2nc(N(Cc3cccnc3)C(=O)CN3C(=O)c4ccccc4C3=O)sc2c1. The van der Waals surface area contributed by atoms with E-state index in [1.807, 2.05) is 18.2 Å². The topological polar surface area (TPSA) is 83.5 Å². The molecule has 3 amide bonds. The van der Waals surface area contributed by atoms with Crippen LogP contribution in [0.5, 0.6) is 0 Å². The molecule has 0 unspecified atom stereocenters. The molecule has 4 aromatic rings. The van der Waals surface area contributed by atoms with E-state index in [4.69, 9.17) is 0 Å². The summed E-state index contributed by atoms with van der Waals surface area (Å²) in [5, 5.41) is 0.517. The van der Waals surface area contributed by atoms with Gasteiger partial charge >= 0.3 is 0 Å². The molecule has 164 valence electrons. The fourth-order valence-corrected chi connectivity index (χ4v) is 4.88. The number of nitrogens with zero attached hydrogens (tertiary/aromatic N) is 4. The van der Waals surface area contributed by atoms with Gasteiger partial charge in [-0.15, -0.1) is 0 Å². The molecule has 7 nitrogen and oxygen atoms in total. The van der Waals surface area contributed by atoms with Crippen LogP contribution in [0, 0.1) is 0 Å². The average Bonchev–Trinajstić information content (AvgIpc) is 3.37. The number of aromatic nitrogens is 2. The fourth-order valence-electron chi connectivity index (χ4n) is 3.83. The molecule has 0 aliphatic carbocycles. The molecule has 1 aliphatic rings. The number of aryl methyl sites for hydroxylation is 1. The van der Waals surface area contributed by atoms with Crippen molar-refractivity contribution < 1.29 is 14.4 Å². The number of benzene rings is 2. The molecule has 0 bridgehead atoms. The van der Waals surface area contributed by atoms with Gasteiger partial charge in [0.15, 0.2) is 5.13 Å². The first-order chi connectivity index (χ1) is 16.0. The minimum absolute atomic E-state index is 0.232. The van der Waals surface area contributed by atoms with Gasteiger partial charge in [-0.25, -0.2) is 4.98 Å². The van der Waals surface area contributed by atoms with Crippen LogP contribution in [0.1, 0.15) is 38.8 Å². The molecule has 0 saturated heterocycles. The summed E-state index contributed by atoms with van der Waals surface area (Å²) in [5.41, 5.74) is 3.45. The first-order valence-electron chi connectivity index (χ1n) is 10.6. The second-order valence-corrected chi connectivity index (χ2v) is 8.74. The van der Waals surface area contributed by atoms with Crippen molar-refractivity contribution in [1.82, 2.24) is 14.9 Å². The highest BCUT2D eigenvalue weighted by atomic mass is 32.1. The normalized spacial score (nSPS) is 12.9. The Morgan fingerprint density at radius 2 is 1.76 bits per heavy atom. The van der Waals surface area contributed by atoms with E-state index >= 15 is 0 Å². The Morgan fingerprint density at radius 1 is 1.00 bits per heavy atom. The number of pyridine rings is 1. The highest BCUT2D eigenvalue weighted by Crippen LogP contribution is 2.31. The summed E-state index contributed by atoms with van der Waals surface area (Å²) in [6.45, 7) is 1.96. The van der Waals surface area contributed by atoms with E-state index < -0.39 is 11.8 Å². The molecule has 0 atom stereocenters. The number of amides is 3. The molecule has 0 radical (unpaired) electrons. The number of anilines is 1. The van der Waals surface area contributed by atoms with Crippen molar-refractivity contribution in [3.8, 4) is 0 Å². The van der Waals surface area contributed by atoms with Crippen molar-refractivity contribution in [2.75, 3.05) is 11.4 Å². The van der Waals surface area contributed by atoms with Gasteiger partial charge in [-0.05, 0) is 47.9 Å². The molecule has 0 N–H and O–H groups in total. The Morgan fingerprint density at radius 3 is 2.42 bits per heavy atom. The van der Waals surface area contributed by atoms with Gasteiger partial charge in [0, 0.05) is 12.4 Å². The van der Waals surface area contributed by atoms with Crippen molar-refractivity contribution in [1.29, 1.82) is 0 Å². The summed E-state index contributed by atoms with van der Waals surface area (Å²) in [6, 6.07) is 16.3. The number of rotatable bonds is 6. The molecule has 3 heterocycles. The predicted molar refractivity (Wildman–Crippen MR) is 126 cm³/mol. The van der Waals surface area contributed by atoms with Crippen molar-refractivity contribution in [2.24, 2.45) is 0 Å². The van der Waals surface area contributed by atoms with E-state index in [0.717, 1.165) is 27.1 Å². The van der Waals surface area contributed by atoms with Crippen LogP contribution in [-0.2, 0) is 17.8 Å². The van der Waals surface area contributed by atoms with Gasteiger partial charge < -0.3 is 0 Å². The van der Waals surface area contributed by atoms with E-state index in [9.17, 15) is 14.4 Å². The zero-order chi connectivity index (χ0) is 22.9. The van der Waals surface area contributed by atoms with E-state index in [-0.39, 0.29) is 19.0 Å². The van der Waals surface area contributed by atoms with Crippen LogP contribution in [-0.4, -0.2) is 39.1 Å². The molecule has 0 saturated carbocycles. The van der Waals surface area contributed by atoms with Crippen LogP contribution in [0.15, 0.2) is 67.0 Å². The van der Waals surface area contributed by atoms with Gasteiger partial charge in [-0.2, -0.15) is 0 Å². The summed E-state index contributed by atoms with van der Waals surface area (Å²) < 4.78 is 0.981. The van der Waals surface area contributed by atoms with Crippen molar-refractivity contribution in [2.45, 2.75) is 19.9 Å². The molecule has 33 heavy (non-hydrogen) atoms. The van der Waals surface area contributed by atoms with E-state index in [1.54, 1.807) is 42.7 Å². The summed E-state index contributed by atoms with van der Waals surface area (Å²) in [4.78, 5) is 50.4. The molecular weight excluding hydrogens is 436 g/mol. The number of hydrogen-bond donors (Lipinski definition) is 0. The fraction of sp³-hybridized carbons (Fsp3) is 0.160. The number of hydrogen-bond acceptors (Lipinski definition) is 6.